The lowest BCUT2D eigenvalue weighted by atomic mass is 9.85. The highest BCUT2D eigenvalue weighted by Gasteiger charge is 2.30. The third kappa shape index (κ3) is 3.22. The predicted octanol–water partition coefficient (Wildman–Crippen LogP) is 3.56. The second-order valence-electron chi connectivity index (χ2n) is 5.11. The minimum atomic E-state index is -0.204. The lowest BCUT2D eigenvalue weighted by molar-refractivity contribution is 0.427. The molecule has 1 aromatic rings. The SMILES string of the molecule is CCC(NC#N)C(CC1CC1)c1ccc(F)cc1. The van der Waals surface area contributed by atoms with Crippen LogP contribution in [0.2, 0.25) is 0 Å². The first-order chi connectivity index (χ1) is 8.74. The van der Waals surface area contributed by atoms with E-state index < -0.39 is 0 Å². The van der Waals surface area contributed by atoms with Gasteiger partial charge in [0.15, 0.2) is 6.19 Å². The summed E-state index contributed by atoms with van der Waals surface area (Å²) in [5.74, 6) is 0.891. The second kappa shape index (κ2) is 5.86. The summed E-state index contributed by atoms with van der Waals surface area (Å²) in [5, 5.41) is 11.7. The molecule has 0 aliphatic heterocycles. The van der Waals surface area contributed by atoms with Gasteiger partial charge in [-0.3, -0.25) is 0 Å². The second-order valence-corrected chi connectivity index (χ2v) is 5.11. The Bertz CT molecular complexity index is 417. The Morgan fingerprint density at radius 3 is 2.56 bits per heavy atom. The van der Waals surface area contributed by atoms with E-state index in [9.17, 15) is 4.39 Å². The Kier molecular flexibility index (Phi) is 4.19. The zero-order valence-corrected chi connectivity index (χ0v) is 10.7. The Morgan fingerprint density at radius 2 is 2.06 bits per heavy atom. The first-order valence-corrected chi connectivity index (χ1v) is 6.64. The van der Waals surface area contributed by atoms with Crippen molar-refractivity contribution >= 4 is 0 Å². The molecule has 18 heavy (non-hydrogen) atoms. The molecule has 2 unspecified atom stereocenters. The topological polar surface area (TPSA) is 35.8 Å². The zero-order chi connectivity index (χ0) is 13.0. The van der Waals surface area contributed by atoms with E-state index in [4.69, 9.17) is 5.26 Å². The summed E-state index contributed by atoms with van der Waals surface area (Å²) in [6.45, 7) is 2.08. The van der Waals surface area contributed by atoms with Gasteiger partial charge in [-0.25, -0.2) is 4.39 Å². The van der Waals surface area contributed by atoms with Gasteiger partial charge in [-0.15, -0.1) is 0 Å². The van der Waals surface area contributed by atoms with Gasteiger partial charge >= 0.3 is 0 Å². The largest absolute Gasteiger partial charge is 0.320 e. The fourth-order valence-corrected chi connectivity index (χ4v) is 2.53. The molecule has 1 aliphatic rings. The van der Waals surface area contributed by atoms with Crippen LogP contribution in [-0.4, -0.2) is 6.04 Å². The van der Waals surface area contributed by atoms with Crippen LogP contribution in [0.3, 0.4) is 0 Å². The third-order valence-electron chi connectivity index (χ3n) is 3.76. The molecule has 0 radical (unpaired) electrons. The van der Waals surface area contributed by atoms with Gasteiger partial charge in [0, 0.05) is 12.0 Å². The van der Waals surface area contributed by atoms with Crippen LogP contribution in [0, 0.1) is 23.2 Å². The fraction of sp³-hybridized carbons (Fsp3) is 0.533. The van der Waals surface area contributed by atoms with Crippen molar-refractivity contribution in [1.82, 2.24) is 5.32 Å². The van der Waals surface area contributed by atoms with Gasteiger partial charge in [0.2, 0.25) is 0 Å². The van der Waals surface area contributed by atoms with Gasteiger partial charge in [0.05, 0.1) is 0 Å². The molecule has 0 bridgehead atoms. The van der Waals surface area contributed by atoms with E-state index in [2.05, 4.69) is 12.2 Å². The third-order valence-corrected chi connectivity index (χ3v) is 3.76. The van der Waals surface area contributed by atoms with Crippen LogP contribution in [0.5, 0.6) is 0 Å². The van der Waals surface area contributed by atoms with Gasteiger partial charge in [-0.1, -0.05) is 31.9 Å². The predicted molar refractivity (Wildman–Crippen MR) is 69.3 cm³/mol. The maximum atomic E-state index is 13.0. The van der Waals surface area contributed by atoms with Crippen LogP contribution in [0.1, 0.15) is 44.1 Å². The van der Waals surface area contributed by atoms with Crippen LogP contribution < -0.4 is 5.32 Å². The normalized spacial score (nSPS) is 17.8. The minimum absolute atomic E-state index is 0.154. The van der Waals surface area contributed by atoms with Gasteiger partial charge in [0.1, 0.15) is 5.82 Å². The molecule has 0 spiro atoms. The molecular formula is C15H19FN2. The van der Waals surface area contributed by atoms with Crippen LogP contribution in [0.4, 0.5) is 4.39 Å². The molecule has 2 rings (SSSR count). The lowest BCUT2D eigenvalue weighted by Crippen LogP contribution is -2.31. The maximum absolute atomic E-state index is 13.0. The molecule has 3 heteroatoms. The van der Waals surface area contributed by atoms with Crippen molar-refractivity contribution in [2.45, 2.75) is 44.6 Å². The standard InChI is InChI=1S/C15H19FN2/c1-2-15(18-10-17)14(9-11-3-4-11)12-5-7-13(16)8-6-12/h5-8,11,14-15,18H,2-4,9H2,1H3. The number of nitrogens with zero attached hydrogens (tertiary/aromatic N) is 1. The monoisotopic (exact) mass is 246 g/mol. The molecule has 1 aromatic carbocycles. The Labute approximate surface area is 108 Å². The van der Waals surface area contributed by atoms with Crippen LogP contribution in [0.25, 0.3) is 0 Å². The van der Waals surface area contributed by atoms with Crippen LogP contribution in [0.15, 0.2) is 24.3 Å². The molecule has 0 amide bonds. The maximum Gasteiger partial charge on any atom is 0.176 e. The summed E-state index contributed by atoms with van der Waals surface area (Å²) in [7, 11) is 0. The molecule has 2 atom stereocenters. The number of nitrogens with one attached hydrogen (secondary N) is 1. The van der Waals surface area contributed by atoms with Gasteiger partial charge in [0.25, 0.3) is 0 Å². The number of rotatable bonds is 6. The van der Waals surface area contributed by atoms with Crippen molar-refractivity contribution in [1.29, 1.82) is 5.26 Å². The van der Waals surface area contributed by atoms with E-state index in [1.807, 2.05) is 18.3 Å². The first kappa shape index (κ1) is 12.9. The summed E-state index contributed by atoms with van der Waals surface area (Å²) in [4.78, 5) is 0. The summed E-state index contributed by atoms with van der Waals surface area (Å²) >= 11 is 0. The van der Waals surface area contributed by atoms with Crippen molar-refractivity contribution in [3.8, 4) is 6.19 Å². The number of hydrogen-bond acceptors (Lipinski definition) is 2. The number of hydrogen-bond donors (Lipinski definition) is 1. The summed E-state index contributed by atoms with van der Waals surface area (Å²) in [6.07, 6.45) is 6.64. The van der Waals surface area contributed by atoms with Gasteiger partial charge in [-0.05, 0) is 36.5 Å². The van der Waals surface area contributed by atoms with E-state index in [-0.39, 0.29) is 11.9 Å². The molecule has 0 heterocycles. The molecule has 0 saturated heterocycles. The number of halogens is 1. The van der Waals surface area contributed by atoms with Crippen molar-refractivity contribution in [2.24, 2.45) is 5.92 Å². The molecule has 1 saturated carbocycles. The van der Waals surface area contributed by atoms with Crippen LogP contribution in [-0.2, 0) is 0 Å². The molecule has 2 nitrogen and oxygen atoms in total. The number of benzene rings is 1. The molecule has 1 fully saturated rings. The Morgan fingerprint density at radius 1 is 1.39 bits per heavy atom. The molecule has 0 aromatic heterocycles. The minimum Gasteiger partial charge on any atom is -0.320 e. The zero-order valence-electron chi connectivity index (χ0n) is 10.7. The highest BCUT2D eigenvalue weighted by molar-refractivity contribution is 5.23. The number of nitriles is 1. The summed E-state index contributed by atoms with van der Waals surface area (Å²) in [5.41, 5.74) is 1.14. The van der Waals surface area contributed by atoms with Crippen molar-refractivity contribution in [3.05, 3.63) is 35.6 Å². The smallest absolute Gasteiger partial charge is 0.176 e. The molecule has 1 N–H and O–H groups in total. The highest BCUT2D eigenvalue weighted by Crippen LogP contribution is 2.40. The van der Waals surface area contributed by atoms with E-state index in [0.717, 1.165) is 24.3 Å². The average Bonchev–Trinajstić information content (AvgIpc) is 3.19. The highest BCUT2D eigenvalue weighted by atomic mass is 19.1. The Hall–Kier alpha value is -1.56. The van der Waals surface area contributed by atoms with E-state index in [1.54, 1.807) is 0 Å². The molecule has 1 aliphatic carbocycles. The molecular weight excluding hydrogens is 227 g/mol. The summed E-state index contributed by atoms with van der Waals surface area (Å²) < 4.78 is 13.0. The van der Waals surface area contributed by atoms with E-state index >= 15 is 0 Å². The Balaban J connectivity index is 2.17. The van der Waals surface area contributed by atoms with Gasteiger partial charge < -0.3 is 5.32 Å². The molecule has 96 valence electrons. The van der Waals surface area contributed by atoms with Gasteiger partial charge in [-0.2, -0.15) is 5.26 Å². The van der Waals surface area contributed by atoms with E-state index in [0.29, 0.717) is 5.92 Å². The summed E-state index contributed by atoms with van der Waals surface area (Å²) in [6, 6.07) is 6.87. The van der Waals surface area contributed by atoms with Crippen molar-refractivity contribution in [2.75, 3.05) is 0 Å². The lowest BCUT2D eigenvalue weighted by Gasteiger charge is -2.25. The van der Waals surface area contributed by atoms with Crippen molar-refractivity contribution in [3.63, 3.8) is 0 Å². The quantitative estimate of drug-likeness (QED) is 0.615. The van der Waals surface area contributed by atoms with Crippen molar-refractivity contribution < 1.29 is 4.39 Å². The fourth-order valence-electron chi connectivity index (χ4n) is 2.53. The van der Waals surface area contributed by atoms with E-state index in [1.165, 1.54) is 25.0 Å². The van der Waals surface area contributed by atoms with Crippen LogP contribution >= 0.6 is 0 Å². The average molecular weight is 246 g/mol. The first-order valence-electron chi connectivity index (χ1n) is 6.64.